The maximum Gasteiger partial charge on any atom is 0.311 e. The molecule has 0 saturated heterocycles. The summed E-state index contributed by atoms with van der Waals surface area (Å²) in [6.07, 6.45) is 16.9. The first kappa shape index (κ1) is 29.2. The fourth-order valence-corrected chi connectivity index (χ4v) is 3.79. The van der Waals surface area contributed by atoms with Crippen molar-refractivity contribution >= 4 is 11.9 Å². The molecule has 0 fully saturated rings. The molecule has 0 saturated carbocycles. The summed E-state index contributed by atoms with van der Waals surface area (Å²) in [5.41, 5.74) is 1.23. The van der Waals surface area contributed by atoms with Crippen molar-refractivity contribution in [1.29, 1.82) is 0 Å². The zero-order valence-corrected chi connectivity index (χ0v) is 21.8. The lowest BCUT2D eigenvalue weighted by Gasteiger charge is -2.18. The number of ether oxygens (including phenoxy) is 2. The molecule has 0 aliphatic rings. The van der Waals surface area contributed by atoms with Gasteiger partial charge in [0.05, 0.1) is 19.4 Å². The second-order valence-corrected chi connectivity index (χ2v) is 10.2. The highest BCUT2D eigenvalue weighted by Gasteiger charge is 2.14. The van der Waals surface area contributed by atoms with Crippen LogP contribution in [0.4, 0.5) is 0 Å². The van der Waals surface area contributed by atoms with Crippen LogP contribution in [0.1, 0.15) is 130 Å². The van der Waals surface area contributed by atoms with Gasteiger partial charge in [0.25, 0.3) is 0 Å². The Hall–Kier alpha value is -1.84. The Labute approximate surface area is 202 Å². The van der Waals surface area contributed by atoms with E-state index in [1.54, 1.807) is 12.1 Å². The van der Waals surface area contributed by atoms with E-state index in [9.17, 15) is 9.59 Å². The van der Waals surface area contributed by atoms with Gasteiger partial charge < -0.3 is 9.47 Å². The number of rotatable bonds is 18. The molecular weight excluding hydrogens is 412 g/mol. The maximum absolute atomic E-state index is 12.0. The zero-order chi connectivity index (χ0) is 24.4. The molecule has 33 heavy (non-hydrogen) atoms. The van der Waals surface area contributed by atoms with Gasteiger partial charge in [-0.3, -0.25) is 9.59 Å². The highest BCUT2D eigenvalue weighted by atomic mass is 16.5. The number of esters is 2. The predicted molar refractivity (Wildman–Crippen MR) is 137 cm³/mol. The first-order chi connectivity index (χ1) is 15.8. The summed E-state index contributed by atoms with van der Waals surface area (Å²) in [5.74, 6) is -0.223. The van der Waals surface area contributed by atoms with Crippen LogP contribution in [-0.4, -0.2) is 18.5 Å². The second-order valence-electron chi connectivity index (χ2n) is 10.2. The molecule has 0 aliphatic heterocycles. The number of carbonyl (C=O) groups excluding carboxylic acids is 2. The van der Waals surface area contributed by atoms with Crippen molar-refractivity contribution in [2.45, 2.75) is 129 Å². The third-order valence-corrected chi connectivity index (χ3v) is 6.00. The smallest absolute Gasteiger partial charge is 0.311 e. The molecular formula is C29H48O4. The van der Waals surface area contributed by atoms with Gasteiger partial charge in [0.2, 0.25) is 0 Å². The van der Waals surface area contributed by atoms with E-state index in [0.29, 0.717) is 12.4 Å². The Balaban J connectivity index is 1.96. The van der Waals surface area contributed by atoms with E-state index in [1.807, 2.05) is 12.1 Å². The van der Waals surface area contributed by atoms with Crippen molar-refractivity contribution in [1.82, 2.24) is 0 Å². The maximum atomic E-state index is 12.0. The van der Waals surface area contributed by atoms with E-state index in [4.69, 9.17) is 9.47 Å². The van der Waals surface area contributed by atoms with E-state index in [1.165, 1.54) is 76.2 Å². The summed E-state index contributed by atoms with van der Waals surface area (Å²) in [5, 5.41) is 0. The Morgan fingerprint density at radius 3 is 1.61 bits per heavy atom. The molecule has 4 heteroatoms. The molecule has 0 atom stereocenters. The van der Waals surface area contributed by atoms with Crippen LogP contribution in [0.25, 0.3) is 0 Å². The molecule has 0 heterocycles. The Morgan fingerprint density at radius 1 is 0.667 bits per heavy atom. The van der Waals surface area contributed by atoms with Crippen molar-refractivity contribution < 1.29 is 19.1 Å². The van der Waals surface area contributed by atoms with Gasteiger partial charge in [-0.15, -0.1) is 0 Å². The summed E-state index contributed by atoms with van der Waals surface area (Å²) >= 11 is 0. The van der Waals surface area contributed by atoms with E-state index in [2.05, 4.69) is 27.7 Å². The molecule has 188 valence electrons. The van der Waals surface area contributed by atoms with Gasteiger partial charge in [0.15, 0.2) is 0 Å². The van der Waals surface area contributed by atoms with Crippen LogP contribution in [0.15, 0.2) is 24.3 Å². The first-order valence-corrected chi connectivity index (χ1v) is 13.3. The molecule has 0 bridgehead atoms. The van der Waals surface area contributed by atoms with Crippen molar-refractivity contribution in [3.8, 4) is 5.75 Å². The summed E-state index contributed by atoms with van der Waals surface area (Å²) < 4.78 is 10.6. The molecule has 1 aromatic rings. The molecule has 0 unspecified atom stereocenters. The van der Waals surface area contributed by atoms with Gasteiger partial charge in [-0.25, -0.2) is 0 Å². The number of hydrogen-bond acceptors (Lipinski definition) is 4. The molecule has 4 nitrogen and oxygen atoms in total. The average molecular weight is 461 g/mol. The highest BCUT2D eigenvalue weighted by Crippen LogP contribution is 2.24. The lowest BCUT2D eigenvalue weighted by Crippen LogP contribution is -2.13. The Kier molecular flexibility index (Phi) is 15.6. The topological polar surface area (TPSA) is 52.6 Å². The average Bonchev–Trinajstić information content (AvgIpc) is 2.77. The van der Waals surface area contributed by atoms with Gasteiger partial charge in [0, 0.05) is 0 Å². The summed E-state index contributed by atoms with van der Waals surface area (Å²) in [6.45, 7) is 9.12. The SMILES string of the molecule is CCCCCCCCCCCCCCCOC(=O)CCC(=O)Oc1ccc(C(C)(C)C)cc1. The van der Waals surface area contributed by atoms with Gasteiger partial charge in [-0.05, 0) is 29.5 Å². The molecule has 1 rings (SSSR count). The third kappa shape index (κ3) is 15.6. The quantitative estimate of drug-likeness (QED) is 0.126. The van der Waals surface area contributed by atoms with E-state index >= 15 is 0 Å². The summed E-state index contributed by atoms with van der Waals surface area (Å²) in [7, 11) is 0. The van der Waals surface area contributed by atoms with Gasteiger partial charge in [-0.1, -0.05) is 117 Å². The van der Waals surface area contributed by atoms with Crippen molar-refractivity contribution in [2.24, 2.45) is 0 Å². The third-order valence-electron chi connectivity index (χ3n) is 6.00. The van der Waals surface area contributed by atoms with Crippen LogP contribution in [0.2, 0.25) is 0 Å². The number of benzene rings is 1. The molecule has 0 N–H and O–H groups in total. The number of carbonyl (C=O) groups is 2. The van der Waals surface area contributed by atoms with Crippen molar-refractivity contribution in [2.75, 3.05) is 6.61 Å². The normalized spacial score (nSPS) is 11.4. The molecule has 0 amide bonds. The highest BCUT2D eigenvalue weighted by molar-refractivity contribution is 5.79. The zero-order valence-electron chi connectivity index (χ0n) is 21.8. The summed E-state index contributed by atoms with van der Waals surface area (Å²) in [6, 6.07) is 7.52. The largest absolute Gasteiger partial charge is 0.466 e. The summed E-state index contributed by atoms with van der Waals surface area (Å²) in [4.78, 5) is 23.8. The van der Waals surface area contributed by atoms with Gasteiger partial charge in [-0.2, -0.15) is 0 Å². The lowest BCUT2D eigenvalue weighted by molar-refractivity contribution is -0.147. The Bertz CT molecular complexity index is 643. The fraction of sp³-hybridized carbons (Fsp3) is 0.724. The van der Waals surface area contributed by atoms with Crippen molar-refractivity contribution in [3.63, 3.8) is 0 Å². The predicted octanol–water partition coefficient (Wildman–Crippen LogP) is 8.30. The van der Waals surface area contributed by atoms with Crippen LogP contribution in [0.5, 0.6) is 5.75 Å². The minimum atomic E-state index is -0.406. The second kappa shape index (κ2) is 17.6. The van der Waals surface area contributed by atoms with Crippen LogP contribution in [0.3, 0.4) is 0 Å². The van der Waals surface area contributed by atoms with E-state index < -0.39 is 5.97 Å². The Morgan fingerprint density at radius 2 is 1.12 bits per heavy atom. The van der Waals surface area contributed by atoms with Gasteiger partial charge in [0.1, 0.15) is 5.75 Å². The number of hydrogen-bond donors (Lipinski definition) is 0. The molecule has 0 spiro atoms. The van der Waals surface area contributed by atoms with E-state index in [0.717, 1.165) is 12.8 Å². The van der Waals surface area contributed by atoms with Crippen LogP contribution in [0, 0.1) is 0 Å². The van der Waals surface area contributed by atoms with E-state index in [-0.39, 0.29) is 24.2 Å². The molecule has 0 radical (unpaired) electrons. The molecule has 0 aliphatic carbocycles. The fourth-order valence-electron chi connectivity index (χ4n) is 3.79. The van der Waals surface area contributed by atoms with Gasteiger partial charge >= 0.3 is 11.9 Å². The minimum absolute atomic E-state index is 0.0401. The van der Waals surface area contributed by atoms with Crippen LogP contribution < -0.4 is 4.74 Å². The standard InChI is InChI=1S/C29H48O4/c1-5-6-7-8-9-10-11-12-13-14-15-16-17-24-32-27(30)22-23-28(31)33-26-20-18-25(19-21-26)29(2,3)4/h18-21H,5-17,22-24H2,1-4H3. The van der Waals surface area contributed by atoms with Crippen molar-refractivity contribution in [3.05, 3.63) is 29.8 Å². The van der Waals surface area contributed by atoms with Crippen LogP contribution in [-0.2, 0) is 19.7 Å². The molecule has 0 aromatic heterocycles. The lowest BCUT2D eigenvalue weighted by atomic mass is 9.87. The number of unbranched alkanes of at least 4 members (excludes halogenated alkanes) is 12. The monoisotopic (exact) mass is 460 g/mol. The first-order valence-electron chi connectivity index (χ1n) is 13.3. The van der Waals surface area contributed by atoms with Crippen LogP contribution >= 0.6 is 0 Å². The minimum Gasteiger partial charge on any atom is -0.466 e. The molecule has 1 aromatic carbocycles.